The highest BCUT2D eigenvalue weighted by Gasteiger charge is 2.30. The van der Waals surface area contributed by atoms with Gasteiger partial charge in [-0.1, -0.05) is 12.1 Å². The smallest absolute Gasteiger partial charge is 0.416 e. The number of benzene rings is 2. The molecule has 3 aromatic heterocycles. The first kappa shape index (κ1) is 22.8. The third-order valence-corrected chi connectivity index (χ3v) is 5.11. The molecule has 0 radical (unpaired) electrons. The van der Waals surface area contributed by atoms with E-state index in [9.17, 15) is 18.0 Å². The normalized spacial score (nSPS) is 11.3. The van der Waals surface area contributed by atoms with Crippen molar-refractivity contribution in [2.24, 2.45) is 0 Å². The summed E-state index contributed by atoms with van der Waals surface area (Å²) in [5.41, 5.74) is 2.10. The largest absolute Gasteiger partial charge is 0.424 e. The number of nitrogens with one attached hydrogen (secondary N) is 2. The van der Waals surface area contributed by atoms with Crippen molar-refractivity contribution in [3.05, 3.63) is 97.1 Å². The number of urea groups is 1. The maximum atomic E-state index is 12.8. The minimum absolute atomic E-state index is 0.00410. The standard InChI is InChI=1S/C25H17F3N6O2/c26-25(27,28)17-4-3-5-18(12-17)32-23(35)33-19-13-30-24(31-14-19)36-20-9-7-16(8-10-20)21-15-29-22-6-1-2-11-34(21)22/h1-15H,(H2,32,33,35). The Labute approximate surface area is 202 Å². The lowest BCUT2D eigenvalue weighted by Gasteiger charge is -2.11. The highest BCUT2D eigenvalue weighted by molar-refractivity contribution is 5.99. The SMILES string of the molecule is O=C(Nc1cnc(Oc2ccc(-c3cnc4ccccn34)cc2)nc1)Nc1cccc(C(F)(F)F)c1. The number of hydrogen-bond donors (Lipinski definition) is 2. The van der Waals surface area contributed by atoms with Gasteiger partial charge in [0, 0.05) is 17.4 Å². The van der Waals surface area contributed by atoms with Gasteiger partial charge in [0.1, 0.15) is 11.4 Å². The Balaban J connectivity index is 1.20. The van der Waals surface area contributed by atoms with Crippen molar-refractivity contribution >= 4 is 23.1 Å². The fourth-order valence-corrected chi connectivity index (χ4v) is 3.45. The number of imidazole rings is 1. The predicted octanol–water partition coefficient (Wildman–Crippen LogP) is 6.25. The van der Waals surface area contributed by atoms with E-state index >= 15 is 0 Å². The molecule has 0 aliphatic carbocycles. The molecule has 2 aromatic carbocycles. The van der Waals surface area contributed by atoms with Gasteiger partial charge in [-0.05, 0) is 54.6 Å². The molecule has 0 saturated heterocycles. The second-order valence-electron chi connectivity index (χ2n) is 7.61. The van der Waals surface area contributed by atoms with Gasteiger partial charge in [0.15, 0.2) is 0 Å². The zero-order chi connectivity index (χ0) is 25.1. The van der Waals surface area contributed by atoms with Crippen LogP contribution in [-0.2, 0) is 6.18 Å². The Bertz CT molecular complexity index is 1520. The number of amides is 2. The van der Waals surface area contributed by atoms with Crippen molar-refractivity contribution in [2.45, 2.75) is 6.18 Å². The van der Waals surface area contributed by atoms with E-state index in [2.05, 4.69) is 25.6 Å². The molecule has 0 saturated carbocycles. The number of aromatic nitrogens is 4. The summed E-state index contributed by atoms with van der Waals surface area (Å²) in [5, 5.41) is 4.80. The van der Waals surface area contributed by atoms with Gasteiger partial charge in [0.2, 0.25) is 0 Å². The van der Waals surface area contributed by atoms with Crippen molar-refractivity contribution in [3.63, 3.8) is 0 Å². The van der Waals surface area contributed by atoms with Gasteiger partial charge in [-0.2, -0.15) is 13.2 Å². The molecule has 36 heavy (non-hydrogen) atoms. The Kier molecular flexibility index (Phi) is 5.95. The molecule has 0 fully saturated rings. The lowest BCUT2D eigenvalue weighted by atomic mass is 10.1. The zero-order valence-corrected chi connectivity index (χ0v) is 18.4. The number of carbonyl (C=O) groups is 1. The first-order valence-electron chi connectivity index (χ1n) is 10.6. The van der Waals surface area contributed by atoms with Gasteiger partial charge in [0.25, 0.3) is 0 Å². The van der Waals surface area contributed by atoms with Gasteiger partial charge >= 0.3 is 18.2 Å². The highest BCUT2D eigenvalue weighted by atomic mass is 19.4. The highest BCUT2D eigenvalue weighted by Crippen LogP contribution is 2.30. The lowest BCUT2D eigenvalue weighted by Crippen LogP contribution is -2.20. The van der Waals surface area contributed by atoms with E-state index < -0.39 is 17.8 Å². The van der Waals surface area contributed by atoms with Crippen LogP contribution in [0.4, 0.5) is 29.3 Å². The monoisotopic (exact) mass is 490 g/mol. The number of carbonyl (C=O) groups excluding carboxylic acids is 1. The fourth-order valence-electron chi connectivity index (χ4n) is 3.45. The summed E-state index contributed by atoms with van der Waals surface area (Å²) in [7, 11) is 0. The minimum Gasteiger partial charge on any atom is -0.424 e. The first-order valence-corrected chi connectivity index (χ1v) is 10.6. The molecule has 5 aromatic rings. The van der Waals surface area contributed by atoms with Crippen LogP contribution in [0.25, 0.3) is 16.9 Å². The number of nitrogens with zero attached hydrogens (tertiary/aromatic N) is 4. The second kappa shape index (κ2) is 9.37. The van der Waals surface area contributed by atoms with Crippen LogP contribution in [0.1, 0.15) is 5.56 Å². The Morgan fingerprint density at radius 1 is 0.833 bits per heavy atom. The van der Waals surface area contributed by atoms with E-state index in [0.29, 0.717) is 5.75 Å². The predicted molar refractivity (Wildman–Crippen MR) is 127 cm³/mol. The molecule has 0 unspecified atom stereocenters. The van der Waals surface area contributed by atoms with Crippen LogP contribution < -0.4 is 15.4 Å². The number of pyridine rings is 1. The lowest BCUT2D eigenvalue weighted by molar-refractivity contribution is -0.137. The number of fused-ring (bicyclic) bond motifs is 1. The number of ether oxygens (including phenoxy) is 1. The van der Waals surface area contributed by atoms with Gasteiger partial charge in [-0.15, -0.1) is 0 Å². The molecule has 0 spiro atoms. The maximum absolute atomic E-state index is 12.8. The quantitative estimate of drug-likeness (QED) is 0.304. The van der Waals surface area contributed by atoms with Crippen LogP contribution in [0.15, 0.2) is 91.5 Å². The van der Waals surface area contributed by atoms with Crippen LogP contribution in [-0.4, -0.2) is 25.4 Å². The molecule has 0 atom stereocenters. The van der Waals surface area contributed by atoms with Crippen LogP contribution in [0.5, 0.6) is 11.8 Å². The minimum atomic E-state index is -4.51. The molecular weight excluding hydrogens is 473 g/mol. The van der Waals surface area contributed by atoms with E-state index in [1.165, 1.54) is 24.5 Å². The first-order chi connectivity index (χ1) is 17.3. The van der Waals surface area contributed by atoms with Crippen molar-refractivity contribution in [1.29, 1.82) is 0 Å². The van der Waals surface area contributed by atoms with Crippen LogP contribution in [0, 0.1) is 0 Å². The number of alkyl halides is 3. The second-order valence-corrected chi connectivity index (χ2v) is 7.61. The average molecular weight is 490 g/mol. The van der Waals surface area contributed by atoms with Gasteiger partial charge in [-0.3, -0.25) is 4.40 Å². The molecule has 0 aliphatic rings. The zero-order valence-electron chi connectivity index (χ0n) is 18.4. The molecule has 8 nitrogen and oxygen atoms in total. The summed E-state index contributed by atoms with van der Waals surface area (Å²) in [5.74, 6) is 0.510. The van der Waals surface area contributed by atoms with Gasteiger partial charge in [0.05, 0.1) is 35.5 Å². The van der Waals surface area contributed by atoms with Crippen molar-refractivity contribution in [2.75, 3.05) is 10.6 Å². The summed E-state index contributed by atoms with van der Waals surface area (Å²) in [4.78, 5) is 24.6. The fraction of sp³-hybridized carbons (Fsp3) is 0.0400. The topological polar surface area (TPSA) is 93.4 Å². The van der Waals surface area contributed by atoms with Crippen LogP contribution >= 0.6 is 0 Å². The molecular formula is C25H17F3N6O2. The molecule has 0 bridgehead atoms. The van der Waals surface area contributed by atoms with Crippen LogP contribution in [0.3, 0.4) is 0 Å². The molecule has 3 heterocycles. The molecule has 180 valence electrons. The van der Waals surface area contributed by atoms with E-state index in [-0.39, 0.29) is 17.4 Å². The molecule has 2 amide bonds. The number of halogens is 3. The van der Waals surface area contributed by atoms with E-state index in [0.717, 1.165) is 29.0 Å². The number of anilines is 2. The maximum Gasteiger partial charge on any atom is 0.416 e. The summed E-state index contributed by atoms with van der Waals surface area (Å²) in [6.45, 7) is 0. The molecule has 11 heteroatoms. The summed E-state index contributed by atoms with van der Waals surface area (Å²) in [6, 6.07) is 16.7. The third-order valence-electron chi connectivity index (χ3n) is 5.11. The summed E-state index contributed by atoms with van der Waals surface area (Å²) in [6.07, 6.45) is 1.86. The summed E-state index contributed by atoms with van der Waals surface area (Å²) < 4.78 is 46.1. The number of hydrogen-bond acceptors (Lipinski definition) is 5. The summed E-state index contributed by atoms with van der Waals surface area (Å²) >= 11 is 0. The Morgan fingerprint density at radius 3 is 2.33 bits per heavy atom. The van der Waals surface area contributed by atoms with Crippen molar-refractivity contribution in [3.8, 4) is 23.0 Å². The molecule has 0 aliphatic heterocycles. The average Bonchev–Trinajstić information content (AvgIpc) is 3.30. The van der Waals surface area contributed by atoms with Crippen molar-refractivity contribution < 1.29 is 22.7 Å². The van der Waals surface area contributed by atoms with Gasteiger partial charge < -0.3 is 15.4 Å². The Morgan fingerprint density at radius 2 is 1.58 bits per heavy atom. The Hall–Kier alpha value is -4.93. The number of rotatable bonds is 5. The van der Waals surface area contributed by atoms with Crippen molar-refractivity contribution in [1.82, 2.24) is 19.4 Å². The molecule has 2 N–H and O–H groups in total. The van der Waals surface area contributed by atoms with E-state index in [1.54, 1.807) is 18.3 Å². The van der Waals surface area contributed by atoms with E-state index in [1.807, 2.05) is 40.9 Å². The third kappa shape index (κ3) is 5.09. The molecule has 5 rings (SSSR count). The van der Waals surface area contributed by atoms with E-state index in [4.69, 9.17) is 4.74 Å². The van der Waals surface area contributed by atoms with Crippen LogP contribution in [0.2, 0.25) is 0 Å². The van der Waals surface area contributed by atoms with Gasteiger partial charge in [-0.25, -0.2) is 19.7 Å².